The Morgan fingerprint density at radius 3 is 2.55 bits per heavy atom. The summed E-state index contributed by atoms with van der Waals surface area (Å²) in [4.78, 5) is 23.7. The van der Waals surface area contributed by atoms with Crippen LogP contribution in [0.4, 0.5) is 0 Å². The van der Waals surface area contributed by atoms with Crippen LogP contribution in [0.5, 0.6) is 5.75 Å². The van der Waals surface area contributed by atoms with Crippen molar-refractivity contribution >= 4 is 35.0 Å². The van der Waals surface area contributed by atoms with Crippen molar-refractivity contribution in [2.75, 3.05) is 13.1 Å². The molecule has 0 saturated carbocycles. The van der Waals surface area contributed by atoms with Crippen LogP contribution in [0, 0.1) is 5.92 Å². The number of nitrogens with one attached hydrogen (secondary N) is 2. The molecule has 0 aliphatic carbocycles. The van der Waals surface area contributed by atoms with Gasteiger partial charge in [-0.1, -0.05) is 30.1 Å². The summed E-state index contributed by atoms with van der Waals surface area (Å²) in [5.41, 5.74) is 0.162. The van der Waals surface area contributed by atoms with E-state index in [4.69, 9.17) is 23.2 Å². The molecule has 2 atom stereocenters. The minimum Gasteiger partial charge on any atom is -0.508 e. The van der Waals surface area contributed by atoms with Gasteiger partial charge in [-0.15, -0.1) is 0 Å². The molecule has 1 fully saturated rings. The number of aliphatic hydroxyl groups excluding tert-OH is 1. The lowest BCUT2D eigenvalue weighted by molar-refractivity contribution is -0.138. The van der Waals surface area contributed by atoms with Gasteiger partial charge in [-0.05, 0) is 12.1 Å². The number of carbonyl (C=O) groups excluding carboxylic acids is 2. The lowest BCUT2D eigenvalue weighted by Gasteiger charge is -2.26. The van der Waals surface area contributed by atoms with Crippen LogP contribution >= 0.6 is 23.2 Å². The van der Waals surface area contributed by atoms with E-state index in [9.17, 15) is 19.8 Å². The first kappa shape index (κ1) is 17.0. The highest BCUT2D eigenvalue weighted by Gasteiger charge is 2.32. The summed E-state index contributed by atoms with van der Waals surface area (Å²) in [5, 5.41) is 25.3. The fourth-order valence-corrected chi connectivity index (χ4v) is 2.64. The standard InChI is InChI=1S/C14H16Cl2N2O4/c1-6(10-9(19)3-2-8(15)11(10)16)12(20)14(22)18-13(21)7-4-17-5-7/h2-3,6-7,12,17,19-20H,4-5H2,1H3,(H,18,21,22)/t6-,12?/m0/s1. The Morgan fingerprint density at radius 1 is 1.36 bits per heavy atom. The van der Waals surface area contributed by atoms with Crippen LogP contribution in [-0.4, -0.2) is 41.2 Å². The highest BCUT2D eigenvalue weighted by atomic mass is 35.5. The monoisotopic (exact) mass is 346 g/mol. The molecule has 120 valence electrons. The summed E-state index contributed by atoms with van der Waals surface area (Å²) in [6, 6.07) is 2.74. The molecule has 8 heteroatoms. The third-order valence-corrected chi connectivity index (χ3v) is 4.52. The third-order valence-electron chi connectivity index (χ3n) is 3.71. The summed E-state index contributed by atoms with van der Waals surface area (Å²) >= 11 is 11.9. The highest BCUT2D eigenvalue weighted by molar-refractivity contribution is 6.42. The fourth-order valence-electron chi connectivity index (χ4n) is 2.15. The molecule has 0 radical (unpaired) electrons. The van der Waals surface area contributed by atoms with Crippen molar-refractivity contribution in [1.82, 2.24) is 10.6 Å². The minimum absolute atomic E-state index is 0.0653. The van der Waals surface area contributed by atoms with E-state index in [2.05, 4.69) is 10.6 Å². The van der Waals surface area contributed by atoms with Crippen LogP contribution in [-0.2, 0) is 9.59 Å². The number of amides is 2. The molecule has 0 bridgehead atoms. The molecule has 2 amide bonds. The maximum absolute atomic E-state index is 12.0. The van der Waals surface area contributed by atoms with Crippen LogP contribution in [0.25, 0.3) is 0 Å². The molecule has 1 saturated heterocycles. The molecular formula is C14H16Cl2N2O4. The van der Waals surface area contributed by atoms with Gasteiger partial charge >= 0.3 is 0 Å². The van der Waals surface area contributed by atoms with Crippen molar-refractivity contribution in [3.63, 3.8) is 0 Å². The molecule has 2 rings (SSSR count). The van der Waals surface area contributed by atoms with E-state index in [0.717, 1.165) is 0 Å². The Bertz CT molecular complexity index is 605. The minimum atomic E-state index is -1.54. The number of phenolic OH excluding ortho intramolecular Hbond substituents is 1. The molecule has 1 aliphatic heterocycles. The topological polar surface area (TPSA) is 98.7 Å². The van der Waals surface area contributed by atoms with E-state index in [1.165, 1.54) is 19.1 Å². The van der Waals surface area contributed by atoms with Gasteiger partial charge in [0.25, 0.3) is 5.91 Å². The number of hydrogen-bond donors (Lipinski definition) is 4. The number of aliphatic hydroxyl groups is 1. The maximum Gasteiger partial charge on any atom is 0.256 e. The second-order valence-electron chi connectivity index (χ2n) is 5.24. The predicted octanol–water partition coefficient (Wildman–Crippen LogP) is 1.03. The van der Waals surface area contributed by atoms with Gasteiger partial charge < -0.3 is 15.5 Å². The summed E-state index contributed by atoms with van der Waals surface area (Å²) in [5.74, 6) is -2.55. The van der Waals surface area contributed by atoms with Crippen molar-refractivity contribution in [3.05, 3.63) is 27.7 Å². The summed E-state index contributed by atoms with van der Waals surface area (Å²) in [6.07, 6.45) is -1.54. The molecule has 4 N–H and O–H groups in total. The molecule has 6 nitrogen and oxygen atoms in total. The molecule has 1 unspecified atom stereocenters. The Balaban J connectivity index is 2.11. The average molecular weight is 347 g/mol. The second-order valence-corrected chi connectivity index (χ2v) is 6.02. The van der Waals surface area contributed by atoms with E-state index in [0.29, 0.717) is 13.1 Å². The number of benzene rings is 1. The smallest absolute Gasteiger partial charge is 0.256 e. The van der Waals surface area contributed by atoms with Gasteiger partial charge in [0.05, 0.1) is 16.0 Å². The second kappa shape index (κ2) is 6.83. The van der Waals surface area contributed by atoms with Crippen LogP contribution in [0.1, 0.15) is 18.4 Å². The number of halogens is 2. The Hall–Kier alpha value is -1.34. The van der Waals surface area contributed by atoms with Gasteiger partial charge in [0.15, 0.2) is 0 Å². The first-order valence-electron chi connectivity index (χ1n) is 6.73. The van der Waals surface area contributed by atoms with Crippen LogP contribution in [0.3, 0.4) is 0 Å². The third kappa shape index (κ3) is 3.35. The van der Waals surface area contributed by atoms with Crippen LogP contribution in [0.2, 0.25) is 10.0 Å². The molecule has 0 spiro atoms. The lowest BCUT2D eigenvalue weighted by atomic mass is 9.93. The largest absolute Gasteiger partial charge is 0.508 e. The number of phenols is 1. The summed E-state index contributed by atoms with van der Waals surface area (Å²) in [6.45, 7) is 2.52. The molecular weight excluding hydrogens is 331 g/mol. The Labute approximate surface area is 137 Å². The zero-order valence-electron chi connectivity index (χ0n) is 11.8. The Morgan fingerprint density at radius 2 is 2.00 bits per heavy atom. The summed E-state index contributed by atoms with van der Waals surface area (Å²) < 4.78 is 0. The van der Waals surface area contributed by atoms with E-state index in [1.807, 2.05) is 0 Å². The SMILES string of the molecule is C[C@@H](c1c(O)ccc(Cl)c1Cl)C(O)C(=O)NC(=O)C1CNC1. The fraction of sp³-hybridized carbons (Fsp3) is 0.429. The van der Waals surface area contributed by atoms with Gasteiger partial charge in [-0.2, -0.15) is 0 Å². The van der Waals surface area contributed by atoms with Crippen LogP contribution < -0.4 is 10.6 Å². The lowest BCUT2D eigenvalue weighted by Crippen LogP contribution is -2.53. The molecule has 0 aromatic heterocycles. The molecule has 1 aromatic rings. The maximum atomic E-state index is 12.0. The van der Waals surface area contributed by atoms with Crippen molar-refractivity contribution in [2.24, 2.45) is 5.92 Å². The zero-order valence-corrected chi connectivity index (χ0v) is 13.3. The molecule has 1 heterocycles. The number of aromatic hydroxyl groups is 1. The first-order valence-corrected chi connectivity index (χ1v) is 7.48. The van der Waals surface area contributed by atoms with Gasteiger partial charge in [-0.25, -0.2) is 0 Å². The van der Waals surface area contributed by atoms with E-state index < -0.39 is 23.8 Å². The van der Waals surface area contributed by atoms with Crippen molar-refractivity contribution in [1.29, 1.82) is 0 Å². The molecule has 1 aromatic carbocycles. The first-order chi connectivity index (χ1) is 10.3. The molecule has 22 heavy (non-hydrogen) atoms. The summed E-state index contributed by atoms with van der Waals surface area (Å²) in [7, 11) is 0. The predicted molar refractivity (Wildman–Crippen MR) is 82.1 cm³/mol. The van der Waals surface area contributed by atoms with Crippen molar-refractivity contribution in [2.45, 2.75) is 18.9 Å². The van der Waals surface area contributed by atoms with Gasteiger partial charge in [-0.3, -0.25) is 14.9 Å². The highest BCUT2D eigenvalue weighted by Crippen LogP contribution is 2.38. The number of carbonyl (C=O) groups is 2. The van der Waals surface area contributed by atoms with Crippen molar-refractivity contribution < 1.29 is 19.8 Å². The van der Waals surface area contributed by atoms with Gasteiger partial charge in [0.1, 0.15) is 11.9 Å². The number of hydrogen-bond acceptors (Lipinski definition) is 5. The number of imide groups is 1. The molecule has 1 aliphatic rings. The zero-order chi connectivity index (χ0) is 16.4. The van der Waals surface area contributed by atoms with Gasteiger partial charge in [0, 0.05) is 24.6 Å². The number of rotatable bonds is 4. The van der Waals surface area contributed by atoms with Gasteiger partial charge in [0.2, 0.25) is 5.91 Å². The normalized spacial score (nSPS) is 17.5. The Kier molecular flexibility index (Phi) is 5.28. The van der Waals surface area contributed by atoms with Crippen molar-refractivity contribution in [3.8, 4) is 5.75 Å². The average Bonchev–Trinajstić information content (AvgIpc) is 2.40. The van der Waals surface area contributed by atoms with E-state index in [1.54, 1.807) is 0 Å². The quantitative estimate of drug-likeness (QED) is 0.652. The van der Waals surface area contributed by atoms with E-state index in [-0.39, 0.29) is 27.3 Å². The van der Waals surface area contributed by atoms with E-state index >= 15 is 0 Å². The van der Waals surface area contributed by atoms with Crippen LogP contribution in [0.15, 0.2) is 12.1 Å².